The standard InChI is InChI=1S/C13H13Cl2N3O2/c1-13(11-3-2-9(14)4-12(11)15)19-6-10(20-13)5-18-8-16-7-17-18/h2-4,7-8,10H,5-6H2,1H3/p+1. The van der Waals surface area contributed by atoms with Crippen LogP contribution in [-0.4, -0.2) is 22.8 Å². The maximum atomic E-state index is 6.22. The van der Waals surface area contributed by atoms with E-state index in [0.29, 0.717) is 23.2 Å². The lowest BCUT2D eigenvalue weighted by atomic mass is 10.1. The Hall–Kier alpha value is -1.14. The van der Waals surface area contributed by atoms with Crippen molar-refractivity contribution in [1.82, 2.24) is 10.1 Å². The van der Waals surface area contributed by atoms with Crippen molar-refractivity contribution in [3.8, 4) is 0 Å². The van der Waals surface area contributed by atoms with E-state index in [1.165, 1.54) is 0 Å². The van der Waals surface area contributed by atoms with Crippen LogP contribution in [0.4, 0.5) is 0 Å². The van der Waals surface area contributed by atoms with Gasteiger partial charge < -0.3 is 9.47 Å². The minimum absolute atomic E-state index is 0.0720. The molecule has 20 heavy (non-hydrogen) atoms. The molecule has 0 radical (unpaired) electrons. The molecule has 0 amide bonds. The highest BCUT2D eigenvalue weighted by molar-refractivity contribution is 6.35. The predicted molar refractivity (Wildman–Crippen MR) is 73.4 cm³/mol. The van der Waals surface area contributed by atoms with Crippen LogP contribution < -0.4 is 4.68 Å². The van der Waals surface area contributed by atoms with E-state index in [2.05, 4.69) is 10.1 Å². The molecule has 2 atom stereocenters. The number of hydrogen-bond acceptors (Lipinski definition) is 3. The largest absolute Gasteiger partial charge is 0.343 e. The van der Waals surface area contributed by atoms with E-state index in [1.54, 1.807) is 24.8 Å². The number of benzene rings is 1. The summed E-state index contributed by atoms with van der Waals surface area (Å²) in [5, 5.41) is 4.10. The number of nitrogens with one attached hydrogen (secondary N) is 1. The highest BCUT2D eigenvalue weighted by Crippen LogP contribution is 2.38. The van der Waals surface area contributed by atoms with Gasteiger partial charge in [-0.1, -0.05) is 29.3 Å². The van der Waals surface area contributed by atoms with Crippen molar-refractivity contribution in [1.29, 1.82) is 0 Å². The van der Waals surface area contributed by atoms with Gasteiger partial charge >= 0.3 is 6.33 Å². The van der Waals surface area contributed by atoms with Gasteiger partial charge in [-0.25, -0.2) is 0 Å². The number of rotatable bonds is 3. The van der Waals surface area contributed by atoms with E-state index in [-0.39, 0.29) is 6.10 Å². The maximum Gasteiger partial charge on any atom is 0.306 e. The number of hydrogen-bond donors (Lipinski definition) is 1. The monoisotopic (exact) mass is 314 g/mol. The Morgan fingerprint density at radius 3 is 3.05 bits per heavy atom. The molecule has 1 aromatic heterocycles. The fourth-order valence-electron chi connectivity index (χ4n) is 2.30. The zero-order valence-corrected chi connectivity index (χ0v) is 12.4. The Labute approximate surface area is 126 Å². The molecule has 0 spiro atoms. The van der Waals surface area contributed by atoms with Gasteiger partial charge in [-0.3, -0.25) is 0 Å². The number of halogens is 2. The lowest BCUT2D eigenvalue weighted by molar-refractivity contribution is -0.756. The van der Waals surface area contributed by atoms with Gasteiger partial charge in [0, 0.05) is 10.6 Å². The molecular weight excluding hydrogens is 301 g/mol. The fraction of sp³-hybridized carbons (Fsp3) is 0.385. The molecule has 2 aromatic rings. The van der Waals surface area contributed by atoms with Crippen molar-refractivity contribution in [2.45, 2.75) is 25.4 Å². The minimum Gasteiger partial charge on any atom is -0.343 e. The van der Waals surface area contributed by atoms with Gasteiger partial charge in [0.2, 0.25) is 6.33 Å². The summed E-state index contributed by atoms with van der Waals surface area (Å²) in [4.78, 5) is 3.96. The van der Waals surface area contributed by atoms with Crippen LogP contribution in [0, 0.1) is 0 Å². The quantitative estimate of drug-likeness (QED) is 0.884. The summed E-state index contributed by atoms with van der Waals surface area (Å²) in [5.74, 6) is -0.854. The summed E-state index contributed by atoms with van der Waals surface area (Å²) in [6, 6.07) is 5.29. The molecule has 0 aliphatic carbocycles. The van der Waals surface area contributed by atoms with Crippen molar-refractivity contribution in [2.24, 2.45) is 0 Å². The molecule has 1 aromatic carbocycles. The Morgan fingerprint density at radius 2 is 2.35 bits per heavy atom. The SMILES string of the molecule is CC1(c2ccc(Cl)cc2Cl)OCC(C[n+]2cnc[nH]2)O1. The maximum absolute atomic E-state index is 6.22. The second-order valence-electron chi connectivity index (χ2n) is 4.80. The molecule has 1 saturated heterocycles. The van der Waals surface area contributed by atoms with Crippen molar-refractivity contribution < 1.29 is 14.2 Å². The first-order valence-electron chi connectivity index (χ1n) is 6.22. The summed E-state index contributed by atoms with van der Waals surface area (Å²) < 4.78 is 13.7. The predicted octanol–water partition coefficient (Wildman–Crippen LogP) is 2.29. The van der Waals surface area contributed by atoms with Crippen LogP contribution in [0.5, 0.6) is 0 Å². The molecule has 106 valence electrons. The summed E-state index contributed by atoms with van der Waals surface area (Å²) in [6.45, 7) is 2.99. The molecule has 1 N–H and O–H groups in total. The Bertz CT molecular complexity index is 606. The molecular formula is C13H14Cl2N3O2+. The van der Waals surface area contributed by atoms with E-state index in [4.69, 9.17) is 32.7 Å². The first-order chi connectivity index (χ1) is 9.57. The third-order valence-electron chi connectivity index (χ3n) is 3.26. The van der Waals surface area contributed by atoms with E-state index < -0.39 is 5.79 Å². The molecule has 5 nitrogen and oxygen atoms in total. The average molecular weight is 315 g/mol. The number of ether oxygens (including phenoxy) is 2. The summed E-state index contributed by atoms with van der Waals surface area (Å²) in [7, 11) is 0. The number of aromatic amines is 1. The second kappa shape index (κ2) is 5.33. The highest BCUT2D eigenvalue weighted by Gasteiger charge is 2.41. The van der Waals surface area contributed by atoms with E-state index in [0.717, 1.165) is 5.56 Å². The molecule has 1 aliphatic rings. The fourth-order valence-corrected chi connectivity index (χ4v) is 2.88. The number of aromatic nitrogens is 3. The van der Waals surface area contributed by atoms with Gasteiger partial charge in [0.25, 0.3) is 0 Å². The molecule has 3 rings (SSSR count). The first-order valence-corrected chi connectivity index (χ1v) is 6.97. The lowest BCUT2D eigenvalue weighted by Crippen LogP contribution is -2.42. The number of nitrogens with zero attached hydrogens (tertiary/aromatic N) is 2. The van der Waals surface area contributed by atoms with Crippen molar-refractivity contribution in [3.05, 3.63) is 46.5 Å². The molecule has 0 saturated carbocycles. The van der Waals surface area contributed by atoms with Crippen LogP contribution in [0.3, 0.4) is 0 Å². The van der Waals surface area contributed by atoms with Gasteiger partial charge in [-0.2, -0.15) is 9.78 Å². The van der Waals surface area contributed by atoms with Crippen LogP contribution in [0.25, 0.3) is 0 Å². The minimum atomic E-state index is -0.854. The van der Waals surface area contributed by atoms with E-state index >= 15 is 0 Å². The number of H-pyrrole nitrogens is 1. The summed E-state index contributed by atoms with van der Waals surface area (Å²) in [5.41, 5.74) is 0.778. The van der Waals surface area contributed by atoms with Crippen LogP contribution in [0.2, 0.25) is 10.0 Å². The van der Waals surface area contributed by atoms with Crippen molar-refractivity contribution in [3.63, 3.8) is 0 Å². The van der Waals surface area contributed by atoms with Crippen molar-refractivity contribution >= 4 is 23.2 Å². The Balaban J connectivity index is 1.77. The first kappa shape index (κ1) is 13.8. The van der Waals surface area contributed by atoms with Crippen molar-refractivity contribution in [2.75, 3.05) is 6.61 Å². The molecule has 1 aliphatic heterocycles. The van der Waals surface area contributed by atoms with Crippen LogP contribution >= 0.6 is 23.2 Å². The zero-order valence-electron chi connectivity index (χ0n) is 10.8. The van der Waals surface area contributed by atoms with Gasteiger partial charge in [0.15, 0.2) is 5.79 Å². The topological polar surface area (TPSA) is 51.0 Å². The normalized spacial score (nSPS) is 26.1. The lowest BCUT2D eigenvalue weighted by Gasteiger charge is -2.24. The van der Waals surface area contributed by atoms with Gasteiger partial charge in [-0.15, -0.1) is 0 Å². The second-order valence-corrected chi connectivity index (χ2v) is 5.64. The average Bonchev–Trinajstić information content (AvgIpc) is 3.00. The van der Waals surface area contributed by atoms with Gasteiger partial charge in [0.05, 0.1) is 11.6 Å². The zero-order chi connectivity index (χ0) is 14.2. The smallest absolute Gasteiger partial charge is 0.306 e. The molecule has 2 unspecified atom stereocenters. The van der Waals surface area contributed by atoms with E-state index in [9.17, 15) is 0 Å². The Morgan fingerprint density at radius 1 is 1.50 bits per heavy atom. The summed E-state index contributed by atoms with van der Waals surface area (Å²) >= 11 is 12.1. The highest BCUT2D eigenvalue weighted by atomic mass is 35.5. The molecule has 2 heterocycles. The third kappa shape index (κ3) is 2.67. The van der Waals surface area contributed by atoms with E-state index in [1.807, 2.05) is 17.7 Å². The van der Waals surface area contributed by atoms with Gasteiger partial charge in [-0.05, 0) is 24.0 Å². The molecule has 1 fully saturated rings. The van der Waals surface area contributed by atoms with Crippen LogP contribution in [0.15, 0.2) is 30.9 Å². The summed E-state index contributed by atoms with van der Waals surface area (Å²) in [6.07, 6.45) is 3.25. The van der Waals surface area contributed by atoms with Crippen LogP contribution in [0.1, 0.15) is 12.5 Å². The molecule has 7 heteroatoms. The molecule has 0 bridgehead atoms. The van der Waals surface area contributed by atoms with Gasteiger partial charge in [0.1, 0.15) is 12.6 Å². The van der Waals surface area contributed by atoms with Crippen LogP contribution in [-0.2, 0) is 21.8 Å². The third-order valence-corrected chi connectivity index (χ3v) is 3.81. The Kier molecular flexibility index (Phi) is 3.69.